The van der Waals surface area contributed by atoms with Crippen LogP contribution in [0.15, 0.2) is 22.9 Å². The molecule has 0 aliphatic carbocycles. The third kappa shape index (κ3) is 3.47. The topological polar surface area (TPSA) is 64.7 Å². The van der Waals surface area contributed by atoms with Gasteiger partial charge in [0.25, 0.3) is 5.91 Å². The first-order valence-corrected chi connectivity index (χ1v) is 7.40. The average molecular weight is 340 g/mol. The summed E-state index contributed by atoms with van der Waals surface area (Å²) in [5, 5.41) is 11.3. The second kappa shape index (κ2) is 6.69. The molecule has 0 atom stereocenters. The summed E-state index contributed by atoms with van der Waals surface area (Å²) in [5.41, 5.74) is 1.56. The number of halogens is 1. The van der Waals surface area contributed by atoms with E-state index in [1.54, 1.807) is 10.9 Å². The Bertz CT molecular complexity index is 589. The van der Waals surface area contributed by atoms with Gasteiger partial charge in [-0.3, -0.25) is 14.2 Å². The number of carbonyl (C=O) groups excluding carboxylic acids is 1. The number of carbonyl (C=O) groups is 1. The standard InChI is InChI=1S/C13H18BrN5O/c1-3-18-9-11(14)12(17-18)13(20)15-6-4-8-19-10(2)5-7-16-19/h5,7,9H,3-4,6,8H2,1-2H3,(H,15,20). The van der Waals surface area contributed by atoms with Gasteiger partial charge in [0.15, 0.2) is 5.69 Å². The lowest BCUT2D eigenvalue weighted by atomic mass is 10.3. The Morgan fingerprint density at radius 3 is 2.90 bits per heavy atom. The lowest BCUT2D eigenvalue weighted by molar-refractivity contribution is 0.0946. The summed E-state index contributed by atoms with van der Waals surface area (Å²) in [4.78, 5) is 12.0. The number of nitrogens with zero attached hydrogens (tertiary/aromatic N) is 4. The number of rotatable bonds is 6. The van der Waals surface area contributed by atoms with Gasteiger partial charge in [-0.15, -0.1) is 0 Å². The molecule has 0 unspecified atom stereocenters. The van der Waals surface area contributed by atoms with Crippen LogP contribution >= 0.6 is 15.9 Å². The number of nitrogens with one attached hydrogen (secondary N) is 1. The molecule has 7 heteroatoms. The van der Waals surface area contributed by atoms with E-state index in [2.05, 4.69) is 31.4 Å². The van der Waals surface area contributed by atoms with E-state index in [1.165, 1.54) is 0 Å². The van der Waals surface area contributed by atoms with Crippen molar-refractivity contribution in [3.8, 4) is 0 Å². The summed E-state index contributed by atoms with van der Waals surface area (Å²) in [5.74, 6) is -0.152. The SMILES string of the molecule is CCn1cc(Br)c(C(=O)NCCCn2nccc2C)n1. The van der Waals surface area contributed by atoms with Crippen molar-refractivity contribution in [1.82, 2.24) is 24.9 Å². The Labute approximate surface area is 126 Å². The highest BCUT2D eigenvalue weighted by Gasteiger charge is 2.14. The molecule has 1 N–H and O–H groups in total. The van der Waals surface area contributed by atoms with Gasteiger partial charge < -0.3 is 5.32 Å². The fourth-order valence-electron chi connectivity index (χ4n) is 1.86. The molecule has 20 heavy (non-hydrogen) atoms. The molecular weight excluding hydrogens is 322 g/mol. The molecular formula is C13H18BrN5O. The number of amides is 1. The lowest BCUT2D eigenvalue weighted by Gasteiger charge is -2.05. The van der Waals surface area contributed by atoms with Crippen molar-refractivity contribution in [2.75, 3.05) is 6.54 Å². The third-order valence-corrected chi connectivity index (χ3v) is 3.60. The second-order valence-corrected chi connectivity index (χ2v) is 5.34. The maximum absolute atomic E-state index is 12.0. The number of hydrogen-bond donors (Lipinski definition) is 1. The summed E-state index contributed by atoms with van der Waals surface area (Å²) >= 11 is 3.35. The maximum Gasteiger partial charge on any atom is 0.272 e. The molecule has 0 fully saturated rings. The first kappa shape index (κ1) is 14.8. The Balaban J connectivity index is 1.80. The van der Waals surface area contributed by atoms with Crippen molar-refractivity contribution >= 4 is 21.8 Å². The van der Waals surface area contributed by atoms with Crippen molar-refractivity contribution in [3.05, 3.63) is 34.3 Å². The van der Waals surface area contributed by atoms with Crippen LogP contribution in [0.4, 0.5) is 0 Å². The number of hydrogen-bond acceptors (Lipinski definition) is 3. The minimum Gasteiger partial charge on any atom is -0.351 e. The van der Waals surface area contributed by atoms with Gasteiger partial charge in [0.1, 0.15) is 0 Å². The van der Waals surface area contributed by atoms with Gasteiger partial charge in [0, 0.05) is 37.7 Å². The van der Waals surface area contributed by atoms with Gasteiger partial charge in [0.2, 0.25) is 0 Å². The zero-order valence-electron chi connectivity index (χ0n) is 11.6. The van der Waals surface area contributed by atoms with Crippen LogP contribution in [0.1, 0.15) is 29.5 Å². The average Bonchev–Trinajstić information content (AvgIpc) is 3.00. The highest BCUT2D eigenvalue weighted by molar-refractivity contribution is 9.10. The van der Waals surface area contributed by atoms with Gasteiger partial charge in [-0.1, -0.05) is 0 Å². The second-order valence-electron chi connectivity index (χ2n) is 4.49. The molecule has 2 rings (SSSR count). The molecule has 0 saturated heterocycles. The predicted molar refractivity (Wildman–Crippen MR) is 79.5 cm³/mol. The van der Waals surface area contributed by atoms with Crippen LogP contribution < -0.4 is 5.32 Å². The fraction of sp³-hybridized carbons (Fsp3) is 0.462. The molecule has 108 valence electrons. The Morgan fingerprint density at radius 1 is 1.50 bits per heavy atom. The summed E-state index contributed by atoms with van der Waals surface area (Å²) < 4.78 is 4.37. The number of aryl methyl sites for hydroxylation is 3. The zero-order valence-corrected chi connectivity index (χ0v) is 13.2. The monoisotopic (exact) mass is 339 g/mol. The van der Waals surface area contributed by atoms with E-state index in [4.69, 9.17) is 0 Å². The van der Waals surface area contributed by atoms with Crippen LogP contribution in [0.2, 0.25) is 0 Å². The molecule has 0 saturated carbocycles. The maximum atomic E-state index is 12.0. The fourth-order valence-corrected chi connectivity index (χ4v) is 2.36. The van der Waals surface area contributed by atoms with E-state index >= 15 is 0 Å². The van der Waals surface area contributed by atoms with E-state index < -0.39 is 0 Å². The molecule has 0 aliphatic rings. The zero-order chi connectivity index (χ0) is 14.5. The quantitative estimate of drug-likeness (QED) is 0.818. The Morgan fingerprint density at radius 2 is 2.30 bits per heavy atom. The van der Waals surface area contributed by atoms with Crippen LogP contribution in [0.25, 0.3) is 0 Å². The van der Waals surface area contributed by atoms with E-state index in [1.807, 2.05) is 30.8 Å². The molecule has 1 amide bonds. The molecule has 2 aromatic heterocycles. The van der Waals surface area contributed by atoms with Crippen LogP contribution in [-0.2, 0) is 13.1 Å². The highest BCUT2D eigenvalue weighted by atomic mass is 79.9. The molecule has 2 aromatic rings. The van der Waals surface area contributed by atoms with Gasteiger partial charge in [-0.05, 0) is 42.3 Å². The van der Waals surface area contributed by atoms with E-state index in [0.29, 0.717) is 12.2 Å². The predicted octanol–water partition coefficient (Wildman–Crippen LogP) is 1.99. The summed E-state index contributed by atoms with van der Waals surface area (Å²) in [7, 11) is 0. The van der Waals surface area contributed by atoms with Crippen LogP contribution in [0, 0.1) is 6.92 Å². The summed E-state index contributed by atoms with van der Waals surface area (Å²) in [6, 6.07) is 1.97. The van der Waals surface area contributed by atoms with Gasteiger partial charge in [-0.2, -0.15) is 10.2 Å². The van der Waals surface area contributed by atoms with E-state index in [-0.39, 0.29) is 5.91 Å². The minimum absolute atomic E-state index is 0.152. The summed E-state index contributed by atoms with van der Waals surface area (Å²) in [6.45, 7) is 6.13. The number of aromatic nitrogens is 4. The summed E-state index contributed by atoms with van der Waals surface area (Å²) in [6.07, 6.45) is 4.42. The molecule has 0 spiro atoms. The van der Waals surface area contributed by atoms with Crippen molar-refractivity contribution in [3.63, 3.8) is 0 Å². The molecule has 6 nitrogen and oxygen atoms in total. The first-order valence-electron chi connectivity index (χ1n) is 6.61. The lowest BCUT2D eigenvalue weighted by Crippen LogP contribution is -2.26. The van der Waals surface area contributed by atoms with E-state index in [9.17, 15) is 4.79 Å². The molecule has 0 aromatic carbocycles. The molecule has 0 bridgehead atoms. The molecule has 0 radical (unpaired) electrons. The van der Waals surface area contributed by atoms with E-state index in [0.717, 1.165) is 29.7 Å². The van der Waals surface area contributed by atoms with Crippen LogP contribution in [0.3, 0.4) is 0 Å². The highest BCUT2D eigenvalue weighted by Crippen LogP contribution is 2.14. The molecule has 2 heterocycles. The Kier molecular flexibility index (Phi) is 4.94. The van der Waals surface area contributed by atoms with Gasteiger partial charge >= 0.3 is 0 Å². The first-order chi connectivity index (χ1) is 9.61. The van der Waals surface area contributed by atoms with Crippen molar-refractivity contribution in [2.24, 2.45) is 0 Å². The largest absolute Gasteiger partial charge is 0.351 e. The molecule has 0 aliphatic heterocycles. The van der Waals surface area contributed by atoms with Gasteiger partial charge in [0.05, 0.1) is 4.47 Å². The van der Waals surface area contributed by atoms with Gasteiger partial charge in [-0.25, -0.2) is 0 Å². The van der Waals surface area contributed by atoms with Crippen LogP contribution in [-0.4, -0.2) is 32.0 Å². The minimum atomic E-state index is -0.152. The van der Waals surface area contributed by atoms with Crippen molar-refractivity contribution < 1.29 is 4.79 Å². The normalized spacial score (nSPS) is 10.8. The van der Waals surface area contributed by atoms with Crippen molar-refractivity contribution in [2.45, 2.75) is 33.4 Å². The smallest absolute Gasteiger partial charge is 0.272 e. The van der Waals surface area contributed by atoms with Crippen LogP contribution in [0.5, 0.6) is 0 Å². The Hall–Kier alpha value is -1.63. The van der Waals surface area contributed by atoms with Crippen molar-refractivity contribution in [1.29, 1.82) is 0 Å². The third-order valence-electron chi connectivity index (χ3n) is 3.02.